The van der Waals surface area contributed by atoms with Crippen LogP contribution in [0.3, 0.4) is 0 Å². The summed E-state index contributed by atoms with van der Waals surface area (Å²) in [6, 6.07) is 9.22. The van der Waals surface area contributed by atoms with Gasteiger partial charge in [-0.25, -0.2) is 0 Å². The highest BCUT2D eigenvalue weighted by atomic mass is 35.5. The predicted octanol–water partition coefficient (Wildman–Crippen LogP) is 4.26. The lowest BCUT2D eigenvalue weighted by atomic mass is 10.2. The van der Waals surface area contributed by atoms with E-state index >= 15 is 0 Å². The van der Waals surface area contributed by atoms with Gasteiger partial charge in [-0.05, 0) is 31.2 Å². The molecule has 2 nitrogen and oxygen atoms in total. The highest BCUT2D eigenvalue weighted by molar-refractivity contribution is 7.99. The standard InChI is InChI=1S/C12H8ClNOS/c1-8-11(4-5-15-8)16-12-3-2-9(7-14)6-10(12)13/h2-6H,1H3. The first-order chi connectivity index (χ1) is 7.70. The molecule has 0 aliphatic carbocycles. The molecule has 0 saturated carbocycles. The van der Waals surface area contributed by atoms with Crippen molar-refractivity contribution in [2.45, 2.75) is 16.7 Å². The van der Waals surface area contributed by atoms with Gasteiger partial charge >= 0.3 is 0 Å². The van der Waals surface area contributed by atoms with Crippen LogP contribution in [0.1, 0.15) is 11.3 Å². The van der Waals surface area contributed by atoms with Gasteiger partial charge in [0, 0.05) is 4.90 Å². The Morgan fingerprint density at radius 3 is 2.69 bits per heavy atom. The van der Waals surface area contributed by atoms with Crippen LogP contribution in [0.15, 0.2) is 44.7 Å². The smallest absolute Gasteiger partial charge is 0.114 e. The molecule has 0 aliphatic rings. The van der Waals surface area contributed by atoms with Gasteiger partial charge in [0.05, 0.1) is 27.8 Å². The van der Waals surface area contributed by atoms with Crippen molar-refractivity contribution in [1.82, 2.24) is 0 Å². The van der Waals surface area contributed by atoms with Crippen molar-refractivity contribution in [2.75, 3.05) is 0 Å². The van der Waals surface area contributed by atoms with Crippen LogP contribution < -0.4 is 0 Å². The first kappa shape index (κ1) is 11.1. The summed E-state index contributed by atoms with van der Waals surface area (Å²) < 4.78 is 5.21. The van der Waals surface area contributed by atoms with E-state index in [2.05, 4.69) is 6.07 Å². The molecule has 0 N–H and O–H groups in total. The number of furan rings is 1. The summed E-state index contributed by atoms with van der Waals surface area (Å²) in [6.45, 7) is 1.90. The summed E-state index contributed by atoms with van der Waals surface area (Å²) in [5.74, 6) is 0.866. The van der Waals surface area contributed by atoms with Crippen molar-refractivity contribution in [3.63, 3.8) is 0 Å². The monoisotopic (exact) mass is 249 g/mol. The second-order valence-corrected chi connectivity index (χ2v) is 4.69. The first-order valence-corrected chi connectivity index (χ1v) is 5.82. The van der Waals surface area contributed by atoms with E-state index in [0.717, 1.165) is 15.6 Å². The van der Waals surface area contributed by atoms with Gasteiger partial charge in [0.15, 0.2) is 0 Å². The number of nitriles is 1. The summed E-state index contributed by atoms with van der Waals surface area (Å²) in [4.78, 5) is 1.96. The molecule has 1 heterocycles. The van der Waals surface area contributed by atoms with E-state index in [1.54, 1.807) is 18.4 Å². The molecule has 2 rings (SSSR count). The minimum atomic E-state index is 0.568. The molecule has 2 aromatic rings. The van der Waals surface area contributed by atoms with Crippen LogP contribution >= 0.6 is 23.4 Å². The van der Waals surface area contributed by atoms with E-state index in [0.29, 0.717) is 10.6 Å². The fourth-order valence-corrected chi connectivity index (χ4v) is 2.39. The molecule has 0 aliphatic heterocycles. The zero-order valence-corrected chi connectivity index (χ0v) is 10.1. The lowest BCUT2D eigenvalue weighted by Crippen LogP contribution is -1.79. The van der Waals surface area contributed by atoms with Crippen molar-refractivity contribution in [3.8, 4) is 6.07 Å². The molecule has 1 aromatic carbocycles. The average molecular weight is 250 g/mol. The number of rotatable bonds is 2. The van der Waals surface area contributed by atoms with Crippen LogP contribution in [0.25, 0.3) is 0 Å². The molecule has 0 atom stereocenters. The second kappa shape index (κ2) is 4.65. The molecule has 0 amide bonds. The Kier molecular flexibility index (Phi) is 3.23. The van der Waals surface area contributed by atoms with Gasteiger partial charge in [-0.3, -0.25) is 0 Å². The molecule has 0 radical (unpaired) electrons. The van der Waals surface area contributed by atoms with Gasteiger partial charge in [0.2, 0.25) is 0 Å². The third-order valence-corrected chi connectivity index (χ3v) is 3.74. The predicted molar refractivity (Wildman–Crippen MR) is 63.7 cm³/mol. The van der Waals surface area contributed by atoms with Crippen molar-refractivity contribution in [3.05, 3.63) is 46.9 Å². The van der Waals surface area contributed by atoms with Gasteiger partial charge in [0.25, 0.3) is 0 Å². The molecule has 0 unspecified atom stereocenters. The maximum Gasteiger partial charge on any atom is 0.114 e. The van der Waals surface area contributed by atoms with Crippen molar-refractivity contribution in [2.24, 2.45) is 0 Å². The minimum Gasteiger partial charge on any atom is -0.468 e. The van der Waals surface area contributed by atoms with E-state index in [1.165, 1.54) is 11.8 Å². The summed E-state index contributed by atoms with van der Waals surface area (Å²) in [5, 5.41) is 9.31. The van der Waals surface area contributed by atoms with Crippen LogP contribution in [0.4, 0.5) is 0 Å². The lowest BCUT2D eigenvalue weighted by molar-refractivity contribution is 0.527. The third-order valence-electron chi connectivity index (χ3n) is 2.09. The number of aryl methyl sites for hydroxylation is 1. The summed E-state index contributed by atoms with van der Waals surface area (Å²) in [6.07, 6.45) is 1.65. The third kappa shape index (κ3) is 2.24. The Hall–Kier alpha value is -1.37. The van der Waals surface area contributed by atoms with Crippen molar-refractivity contribution in [1.29, 1.82) is 5.26 Å². The minimum absolute atomic E-state index is 0.568. The van der Waals surface area contributed by atoms with Crippen LogP contribution in [-0.4, -0.2) is 0 Å². The number of benzene rings is 1. The van der Waals surface area contributed by atoms with Gasteiger partial charge < -0.3 is 4.42 Å². The van der Waals surface area contributed by atoms with E-state index in [-0.39, 0.29) is 0 Å². The molecule has 0 fully saturated rings. The topological polar surface area (TPSA) is 36.9 Å². The van der Waals surface area contributed by atoms with Gasteiger partial charge in [-0.2, -0.15) is 5.26 Å². The Morgan fingerprint density at radius 1 is 1.31 bits per heavy atom. The van der Waals surface area contributed by atoms with E-state index < -0.39 is 0 Å². The maximum atomic E-state index is 8.72. The average Bonchev–Trinajstić information content (AvgIpc) is 2.67. The van der Waals surface area contributed by atoms with Crippen LogP contribution in [0.5, 0.6) is 0 Å². The Balaban J connectivity index is 2.30. The summed E-state index contributed by atoms with van der Waals surface area (Å²) >= 11 is 7.61. The summed E-state index contributed by atoms with van der Waals surface area (Å²) in [5.41, 5.74) is 0.568. The molecule has 80 valence electrons. The van der Waals surface area contributed by atoms with Gasteiger partial charge in [0.1, 0.15) is 5.76 Å². The normalized spacial score (nSPS) is 10.1. The lowest BCUT2D eigenvalue weighted by Gasteiger charge is -2.02. The molecular formula is C12H8ClNOS. The fraction of sp³-hybridized carbons (Fsp3) is 0.0833. The van der Waals surface area contributed by atoms with Crippen molar-refractivity contribution < 1.29 is 4.42 Å². The molecule has 0 saturated heterocycles. The van der Waals surface area contributed by atoms with E-state index in [9.17, 15) is 0 Å². The van der Waals surface area contributed by atoms with Gasteiger partial charge in [-0.1, -0.05) is 23.4 Å². The maximum absolute atomic E-state index is 8.72. The molecule has 4 heteroatoms. The Labute approximate surface area is 103 Å². The second-order valence-electron chi connectivity index (χ2n) is 3.20. The van der Waals surface area contributed by atoms with Crippen LogP contribution in [0.2, 0.25) is 5.02 Å². The van der Waals surface area contributed by atoms with Gasteiger partial charge in [-0.15, -0.1) is 0 Å². The number of hydrogen-bond donors (Lipinski definition) is 0. The first-order valence-electron chi connectivity index (χ1n) is 4.62. The zero-order chi connectivity index (χ0) is 11.5. The molecule has 0 bridgehead atoms. The molecular weight excluding hydrogens is 242 g/mol. The molecule has 1 aromatic heterocycles. The van der Waals surface area contributed by atoms with Crippen LogP contribution in [0, 0.1) is 18.3 Å². The Morgan fingerprint density at radius 2 is 2.12 bits per heavy atom. The number of halogens is 1. The molecule has 0 spiro atoms. The number of nitrogens with zero attached hydrogens (tertiary/aromatic N) is 1. The summed E-state index contributed by atoms with van der Waals surface area (Å²) in [7, 11) is 0. The quantitative estimate of drug-likeness (QED) is 0.798. The largest absolute Gasteiger partial charge is 0.468 e. The highest BCUT2D eigenvalue weighted by Gasteiger charge is 2.07. The van der Waals surface area contributed by atoms with E-state index in [1.807, 2.05) is 19.1 Å². The number of hydrogen-bond acceptors (Lipinski definition) is 3. The Bertz CT molecular complexity index is 556. The fourth-order valence-electron chi connectivity index (χ4n) is 1.25. The van der Waals surface area contributed by atoms with Crippen molar-refractivity contribution >= 4 is 23.4 Å². The highest BCUT2D eigenvalue weighted by Crippen LogP contribution is 2.35. The SMILES string of the molecule is Cc1occc1Sc1ccc(C#N)cc1Cl. The molecule has 16 heavy (non-hydrogen) atoms. The van der Waals surface area contributed by atoms with E-state index in [4.69, 9.17) is 21.3 Å². The zero-order valence-electron chi connectivity index (χ0n) is 8.53. The van der Waals surface area contributed by atoms with Crippen LogP contribution in [-0.2, 0) is 0 Å².